The van der Waals surface area contributed by atoms with Gasteiger partial charge in [0, 0.05) is 19.6 Å². The summed E-state index contributed by atoms with van der Waals surface area (Å²) < 4.78 is 5.32. The van der Waals surface area contributed by atoms with E-state index >= 15 is 0 Å². The van der Waals surface area contributed by atoms with Crippen LogP contribution in [-0.2, 0) is 0 Å². The van der Waals surface area contributed by atoms with Crippen molar-refractivity contribution in [3.8, 4) is 0 Å². The Labute approximate surface area is 129 Å². The predicted octanol–water partition coefficient (Wildman–Crippen LogP) is 3.20. The molecule has 0 bridgehead atoms. The average molecular weight is 307 g/mol. The molecule has 1 N–H and O–H groups in total. The first-order valence-electron chi connectivity index (χ1n) is 7.14. The second-order valence-corrected chi connectivity index (χ2v) is 5.40. The number of hydrogen-bond acceptors (Lipinski definition) is 7. The number of aryl methyl sites for hydroxylation is 1. The molecule has 0 spiro atoms. The van der Waals surface area contributed by atoms with Crippen molar-refractivity contribution in [2.75, 3.05) is 29.9 Å². The SMILES string of the molecule is CCNc1nc(Sc2ccoc2C)nc(N(CC)CC)n1. The van der Waals surface area contributed by atoms with Gasteiger partial charge in [-0.3, -0.25) is 0 Å². The zero-order valence-corrected chi connectivity index (χ0v) is 13.7. The summed E-state index contributed by atoms with van der Waals surface area (Å²) in [6.07, 6.45) is 1.68. The van der Waals surface area contributed by atoms with E-state index in [4.69, 9.17) is 4.42 Å². The number of hydrogen-bond donors (Lipinski definition) is 1. The van der Waals surface area contributed by atoms with Gasteiger partial charge in [-0.2, -0.15) is 15.0 Å². The fourth-order valence-electron chi connectivity index (χ4n) is 1.85. The first-order chi connectivity index (χ1) is 10.2. The van der Waals surface area contributed by atoms with Crippen LogP contribution in [0, 0.1) is 6.92 Å². The summed E-state index contributed by atoms with van der Waals surface area (Å²) in [7, 11) is 0. The Morgan fingerprint density at radius 3 is 2.52 bits per heavy atom. The first kappa shape index (κ1) is 15.6. The van der Waals surface area contributed by atoms with Gasteiger partial charge in [0.1, 0.15) is 5.76 Å². The van der Waals surface area contributed by atoms with Gasteiger partial charge in [-0.25, -0.2) is 0 Å². The topological polar surface area (TPSA) is 67.1 Å². The molecule has 2 heterocycles. The van der Waals surface area contributed by atoms with Crippen LogP contribution in [0.25, 0.3) is 0 Å². The van der Waals surface area contributed by atoms with Gasteiger partial charge in [0.25, 0.3) is 0 Å². The summed E-state index contributed by atoms with van der Waals surface area (Å²) in [4.78, 5) is 16.6. The highest BCUT2D eigenvalue weighted by Crippen LogP contribution is 2.29. The standard InChI is InChI=1S/C14H21N5OS/c1-5-15-12-16-13(19(6-2)7-3)18-14(17-12)21-11-8-9-20-10(11)4/h8-9H,5-7H2,1-4H3,(H,15,16,17,18). The van der Waals surface area contributed by atoms with Crippen LogP contribution in [0.3, 0.4) is 0 Å². The molecule has 0 aliphatic rings. The van der Waals surface area contributed by atoms with E-state index < -0.39 is 0 Å². The molecule has 2 aromatic rings. The molecule has 6 nitrogen and oxygen atoms in total. The van der Waals surface area contributed by atoms with Gasteiger partial charge < -0.3 is 14.6 Å². The highest BCUT2D eigenvalue weighted by atomic mass is 32.2. The second kappa shape index (κ2) is 7.31. The molecule has 0 radical (unpaired) electrons. The van der Waals surface area contributed by atoms with E-state index in [1.807, 2.05) is 19.9 Å². The van der Waals surface area contributed by atoms with Crippen LogP contribution < -0.4 is 10.2 Å². The quantitative estimate of drug-likeness (QED) is 0.842. The summed E-state index contributed by atoms with van der Waals surface area (Å²) in [5, 5.41) is 3.83. The number of nitrogens with zero attached hydrogens (tertiary/aromatic N) is 4. The Balaban J connectivity index is 2.33. The lowest BCUT2D eigenvalue weighted by molar-refractivity contribution is 0.527. The Hall–Kier alpha value is -1.76. The minimum absolute atomic E-state index is 0.609. The van der Waals surface area contributed by atoms with Gasteiger partial charge in [-0.05, 0) is 45.5 Å². The van der Waals surface area contributed by atoms with Crippen molar-refractivity contribution < 1.29 is 4.42 Å². The maximum Gasteiger partial charge on any atom is 0.231 e. The molecule has 0 saturated heterocycles. The summed E-state index contributed by atoms with van der Waals surface area (Å²) in [6, 6.07) is 1.92. The zero-order chi connectivity index (χ0) is 15.2. The van der Waals surface area contributed by atoms with Gasteiger partial charge in [0.2, 0.25) is 11.9 Å². The average Bonchev–Trinajstić information content (AvgIpc) is 2.86. The van der Waals surface area contributed by atoms with Crippen molar-refractivity contribution in [2.24, 2.45) is 0 Å². The Bertz CT molecular complexity index is 582. The smallest absolute Gasteiger partial charge is 0.231 e. The van der Waals surface area contributed by atoms with Crippen LogP contribution in [0.4, 0.5) is 11.9 Å². The van der Waals surface area contributed by atoms with E-state index in [0.29, 0.717) is 17.1 Å². The third-order valence-corrected chi connectivity index (χ3v) is 4.01. The molecule has 114 valence electrons. The van der Waals surface area contributed by atoms with Crippen LogP contribution in [-0.4, -0.2) is 34.6 Å². The lowest BCUT2D eigenvalue weighted by Gasteiger charge is -2.19. The molecule has 0 atom stereocenters. The van der Waals surface area contributed by atoms with Crippen LogP contribution >= 0.6 is 11.8 Å². The van der Waals surface area contributed by atoms with Crippen molar-refractivity contribution in [3.05, 3.63) is 18.1 Å². The minimum atomic E-state index is 0.609. The van der Waals surface area contributed by atoms with Crippen molar-refractivity contribution in [1.82, 2.24) is 15.0 Å². The van der Waals surface area contributed by atoms with Crippen molar-refractivity contribution >= 4 is 23.7 Å². The molecule has 0 fully saturated rings. The maximum absolute atomic E-state index is 5.32. The number of nitrogens with one attached hydrogen (secondary N) is 1. The van der Waals surface area contributed by atoms with Gasteiger partial charge in [0.15, 0.2) is 5.16 Å². The van der Waals surface area contributed by atoms with Crippen LogP contribution in [0.15, 0.2) is 26.8 Å². The Morgan fingerprint density at radius 1 is 1.19 bits per heavy atom. The van der Waals surface area contributed by atoms with E-state index in [2.05, 4.69) is 39.0 Å². The fourth-order valence-corrected chi connectivity index (χ4v) is 2.63. The van der Waals surface area contributed by atoms with E-state index in [1.165, 1.54) is 11.8 Å². The fraction of sp³-hybridized carbons (Fsp3) is 0.500. The monoisotopic (exact) mass is 307 g/mol. The van der Waals surface area contributed by atoms with Crippen LogP contribution in [0.5, 0.6) is 0 Å². The minimum Gasteiger partial charge on any atom is -0.468 e. The lowest BCUT2D eigenvalue weighted by atomic mass is 10.5. The maximum atomic E-state index is 5.32. The molecule has 2 aromatic heterocycles. The lowest BCUT2D eigenvalue weighted by Crippen LogP contribution is -2.25. The number of rotatable bonds is 7. The van der Waals surface area contributed by atoms with E-state index in [-0.39, 0.29) is 0 Å². The predicted molar refractivity (Wildman–Crippen MR) is 85.1 cm³/mol. The molecule has 0 aromatic carbocycles. The van der Waals surface area contributed by atoms with Gasteiger partial charge in [-0.15, -0.1) is 0 Å². The molecule has 0 unspecified atom stereocenters. The Kier molecular flexibility index (Phi) is 5.44. The van der Waals surface area contributed by atoms with E-state index in [0.717, 1.165) is 30.3 Å². The summed E-state index contributed by atoms with van der Waals surface area (Å²) >= 11 is 1.49. The summed E-state index contributed by atoms with van der Waals surface area (Å²) in [5.41, 5.74) is 0. The molecule has 0 amide bonds. The second-order valence-electron chi connectivity index (χ2n) is 4.39. The number of anilines is 2. The molecule has 0 aliphatic carbocycles. The molecule has 2 rings (SSSR count). The van der Waals surface area contributed by atoms with Crippen molar-refractivity contribution in [3.63, 3.8) is 0 Å². The number of furan rings is 1. The molecular weight excluding hydrogens is 286 g/mol. The Morgan fingerprint density at radius 2 is 1.95 bits per heavy atom. The van der Waals surface area contributed by atoms with E-state index in [9.17, 15) is 0 Å². The van der Waals surface area contributed by atoms with Gasteiger partial charge in [0.05, 0.1) is 11.2 Å². The van der Waals surface area contributed by atoms with Gasteiger partial charge in [-0.1, -0.05) is 0 Å². The summed E-state index contributed by atoms with van der Waals surface area (Å²) in [6.45, 7) is 10.6. The van der Waals surface area contributed by atoms with Gasteiger partial charge >= 0.3 is 0 Å². The third-order valence-electron chi connectivity index (χ3n) is 3.00. The first-order valence-corrected chi connectivity index (χ1v) is 7.96. The molecule has 21 heavy (non-hydrogen) atoms. The van der Waals surface area contributed by atoms with Crippen LogP contribution in [0.1, 0.15) is 26.5 Å². The van der Waals surface area contributed by atoms with Crippen LogP contribution in [0.2, 0.25) is 0 Å². The normalized spacial score (nSPS) is 10.7. The zero-order valence-electron chi connectivity index (χ0n) is 12.9. The molecular formula is C14H21N5OS. The molecule has 0 saturated carbocycles. The number of aromatic nitrogens is 3. The third kappa shape index (κ3) is 3.87. The highest BCUT2D eigenvalue weighted by Gasteiger charge is 2.13. The molecule has 7 heteroatoms. The largest absolute Gasteiger partial charge is 0.468 e. The van der Waals surface area contributed by atoms with Crippen molar-refractivity contribution in [2.45, 2.75) is 37.7 Å². The highest BCUT2D eigenvalue weighted by molar-refractivity contribution is 7.99. The molecule has 0 aliphatic heterocycles. The van der Waals surface area contributed by atoms with E-state index in [1.54, 1.807) is 6.26 Å². The van der Waals surface area contributed by atoms with Crippen molar-refractivity contribution in [1.29, 1.82) is 0 Å². The summed E-state index contributed by atoms with van der Waals surface area (Å²) in [5.74, 6) is 2.18.